The van der Waals surface area contributed by atoms with Gasteiger partial charge in [0.2, 0.25) is 0 Å². The molecule has 22 heavy (non-hydrogen) atoms. The van der Waals surface area contributed by atoms with E-state index in [1.54, 1.807) is 12.4 Å². The van der Waals surface area contributed by atoms with E-state index in [1.165, 1.54) is 0 Å². The average Bonchev–Trinajstić information content (AvgIpc) is 2.58. The molecular formula is C15H18ClN5O. The lowest BCUT2D eigenvalue weighted by molar-refractivity contribution is 0.463. The Morgan fingerprint density at radius 2 is 2.18 bits per heavy atom. The van der Waals surface area contributed by atoms with Gasteiger partial charge in [-0.25, -0.2) is 4.98 Å². The van der Waals surface area contributed by atoms with Crippen LogP contribution in [0.1, 0.15) is 13.3 Å². The zero-order valence-electron chi connectivity index (χ0n) is 12.3. The molecule has 3 heterocycles. The molecule has 0 radical (unpaired) electrons. The van der Waals surface area contributed by atoms with E-state index in [0.717, 1.165) is 31.6 Å². The summed E-state index contributed by atoms with van der Waals surface area (Å²) in [5, 5.41) is 3.51. The number of hydrogen-bond donors (Lipinski definition) is 2. The van der Waals surface area contributed by atoms with Gasteiger partial charge in [0.1, 0.15) is 10.8 Å². The molecule has 0 unspecified atom stereocenters. The van der Waals surface area contributed by atoms with Crippen molar-refractivity contribution in [2.24, 2.45) is 0 Å². The van der Waals surface area contributed by atoms with Crippen LogP contribution in [-0.4, -0.2) is 40.6 Å². The van der Waals surface area contributed by atoms with Gasteiger partial charge < -0.3 is 15.2 Å². The third kappa shape index (κ3) is 2.84. The van der Waals surface area contributed by atoms with E-state index in [1.807, 2.05) is 12.1 Å². The summed E-state index contributed by atoms with van der Waals surface area (Å²) in [5.74, 6) is 1.07. The van der Waals surface area contributed by atoms with E-state index in [0.29, 0.717) is 11.6 Å². The highest BCUT2D eigenvalue weighted by atomic mass is 35.5. The Kier molecular flexibility index (Phi) is 4.40. The van der Waals surface area contributed by atoms with Gasteiger partial charge in [0.15, 0.2) is 5.82 Å². The molecule has 0 amide bonds. The molecule has 1 aliphatic heterocycles. The van der Waals surface area contributed by atoms with Crippen LogP contribution in [0.2, 0.25) is 5.02 Å². The lowest BCUT2D eigenvalue weighted by Crippen LogP contribution is -2.51. The van der Waals surface area contributed by atoms with Crippen molar-refractivity contribution in [3.05, 3.63) is 39.9 Å². The molecule has 0 aliphatic carbocycles. The first-order chi connectivity index (χ1) is 10.7. The average molecular weight is 320 g/mol. The number of nitrogens with zero attached hydrogens (tertiary/aromatic N) is 3. The van der Waals surface area contributed by atoms with Crippen LogP contribution in [0.15, 0.2) is 29.3 Å². The molecule has 2 N–H and O–H groups in total. The summed E-state index contributed by atoms with van der Waals surface area (Å²) >= 11 is 6.23. The van der Waals surface area contributed by atoms with Gasteiger partial charge in [0.25, 0.3) is 5.56 Å². The van der Waals surface area contributed by atoms with Crippen LogP contribution < -0.4 is 15.8 Å². The van der Waals surface area contributed by atoms with E-state index < -0.39 is 0 Å². The summed E-state index contributed by atoms with van der Waals surface area (Å²) in [6.07, 6.45) is 4.30. The number of H-pyrrole nitrogens is 1. The molecule has 0 spiro atoms. The van der Waals surface area contributed by atoms with E-state index >= 15 is 0 Å². The Bertz CT molecular complexity index is 703. The van der Waals surface area contributed by atoms with Crippen molar-refractivity contribution in [1.29, 1.82) is 0 Å². The maximum Gasteiger partial charge on any atom is 0.272 e. The van der Waals surface area contributed by atoms with Crippen LogP contribution in [0.5, 0.6) is 0 Å². The number of anilines is 1. The Morgan fingerprint density at radius 3 is 2.91 bits per heavy atom. The number of rotatable bonds is 3. The molecule has 1 saturated heterocycles. The van der Waals surface area contributed by atoms with Crippen LogP contribution in [0, 0.1) is 0 Å². The van der Waals surface area contributed by atoms with Crippen molar-refractivity contribution in [3.63, 3.8) is 0 Å². The topological polar surface area (TPSA) is 73.9 Å². The molecular weight excluding hydrogens is 302 g/mol. The number of nitrogens with one attached hydrogen (secondary N) is 2. The molecule has 6 nitrogen and oxygen atoms in total. The van der Waals surface area contributed by atoms with E-state index in [9.17, 15) is 4.79 Å². The SMILES string of the molecule is CC[C@H]1CNCCN1c1nc(-c2ccncc2)[nH]c(=O)c1Cl. The molecule has 1 fully saturated rings. The summed E-state index contributed by atoms with van der Waals surface area (Å²) in [5.41, 5.74) is 0.500. The van der Waals surface area contributed by atoms with Crippen molar-refractivity contribution >= 4 is 17.4 Å². The second kappa shape index (κ2) is 6.46. The fraction of sp³-hybridized carbons (Fsp3) is 0.400. The highest BCUT2D eigenvalue weighted by Gasteiger charge is 2.25. The molecule has 0 aromatic carbocycles. The van der Waals surface area contributed by atoms with E-state index in [4.69, 9.17) is 11.6 Å². The molecule has 7 heteroatoms. The highest BCUT2D eigenvalue weighted by molar-refractivity contribution is 6.32. The highest BCUT2D eigenvalue weighted by Crippen LogP contribution is 2.26. The van der Waals surface area contributed by atoms with Gasteiger partial charge in [-0.15, -0.1) is 0 Å². The zero-order valence-corrected chi connectivity index (χ0v) is 13.1. The van der Waals surface area contributed by atoms with E-state index in [-0.39, 0.29) is 16.6 Å². The molecule has 0 bridgehead atoms. The van der Waals surface area contributed by atoms with Gasteiger partial charge in [-0.05, 0) is 18.6 Å². The summed E-state index contributed by atoms with van der Waals surface area (Å²) in [6.45, 7) is 4.62. The number of pyridine rings is 1. The molecule has 3 rings (SSSR count). The minimum atomic E-state index is -0.313. The van der Waals surface area contributed by atoms with Gasteiger partial charge in [0.05, 0.1) is 0 Å². The first-order valence-corrected chi connectivity index (χ1v) is 7.76. The van der Waals surface area contributed by atoms with Gasteiger partial charge in [-0.3, -0.25) is 9.78 Å². The number of halogens is 1. The van der Waals surface area contributed by atoms with Crippen molar-refractivity contribution < 1.29 is 0 Å². The fourth-order valence-electron chi connectivity index (χ4n) is 2.69. The molecule has 1 atom stereocenters. The second-order valence-corrected chi connectivity index (χ2v) is 5.63. The number of aromatic nitrogens is 3. The lowest BCUT2D eigenvalue weighted by atomic mass is 10.1. The van der Waals surface area contributed by atoms with Gasteiger partial charge >= 0.3 is 0 Å². The number of aromatic amines is 1. The molecule has 1 aliphatic rings. The first kappa shape index (κ1) is 15.0. The van der Waals surface area contributed by atoms with Gasteiger partial charge in [-0.1, -0.05) is 18.5 Å². The number of hydrogen-bond acceptors (Lipinski definition) is 5. The molecule has 2 aromatic heterocycles. The maximum absolute atomic E-state index is 12.2. The fourth-order valence-corrected chi connectivity index (χ4v) is 2.89. The monoisotopic (exact) mass is 319 g/mol. The summed E-state index contributed by atoms with van der Waals surface area (Å²) in [7, 11) is 0. The third-order valence-electron chi connectivity index (χ3n) is 3.89. The predicted molar refractivity (Wildman–Crippen MR) is 87.4 cm³/mol. The normalized spacial score (nSPS) is 18.5. The quantitative estimate of drug-likeness (QED) is 0.900. The third-order valence-corrected chi connectivity index (χ3v) is 4.23. The largest absolute Gasteiger partial charge is 0.350 e. The molecule has 116 valence electrons. The standard InChI is InChI=1S/C15H18ClN5O/c1-2-11-9-18-7-8-21(11)14-12(16)15(22)20-13(19-14)10-3-5-17-6-4-10/h3-6,11,18H,2,7-9H2,1H3,(H,19,20,22)/t11-/m0/s1. The Morgan fingerprint density at radius 1 is 1.41 bits per heavy atom. The van der Waals surface area contributed by atoms with Crippen LogP contribution >= 0.6 is 11.6 Å². The molecule has 2 aromatic rings. The summed E-state index contributed by atoms with van der Waals surface area (Å²) in [4.78, 5) is 25.6. The second-order valence-electron chi connectivity index (χ2n) is 5.25. The maximum atomic E-state index is 12.2. The smallest absolute Gasteiger partial charge is 0.272 e. The predicted octanol–water partition coefficient (Wildman–Crippen LogP) is 1.67. The van der Waals surface area contributed by atoms with Crippen LogP contribution in [0.4, 0.5) is 5.82 Å². The lowest BCUT2D eigenvalue weighted by Gasteiger charge is -2.37. The first-order valence-electron chi connectivity index (χ1n) is 7.38. The van der Waals surface area contributed by atoms with Gasteiger partial charge in [0, 0.05) is 43.6 Å². The van der Waals surface area contributed by atoms with Crippen molar-refractivity contribution in [2.45, 2.75) is 19.4 Å². The minimum Gasteiger partial charge on any atom is -0.350 e. The zero-order chi connectivity index (χ0) is 15.5. The van der Waals surface area contributed by atoms with Crippen LogP contribution in [0.25, 0.3) is 11.4 Å². The van der Waals surface area contributed by atoms with E-state index in [2.05, 4.69) is 32.1 Å². The van der Waals surface area contributed by atoms with Crippen LogP contribution in [-0.2, 0) is 0 Å². The van der Waals surface area contributed by atoms with Crippen LogP contribution in [0.3, 0.4) is 0 Å². The summed E-state index contributed by atoms with van der Waals surface area (Å²) in [6, 6.07) is 3.90. The Hall–Kier alpha value is -1.92. The molecule has 0 saturated carbocycles. The Balaban J connectivity index is 2.07. The summed E-state index contributed by atoms with van der Waals surface area (Å²) < 4.78 is 0. The Labute approximate surface area is 133 Å². The van der Waals surface area contributed by atoms with Crippen molar-refractivity contribution in [3.8, 4) is 11.4 Å². The minimum absolute atomic E-state index is 0.151. The van der Waals surface area contributed by atoms with Gasteiger partial charge in [-0.2, -0.15) is 0 Å². The number of piperazine rings is 1. The van der Waals surface area contributed by atoms with Crippen molar-refractivity contribution in [1.82, 2.24) is 20.3 Å². The van der Waals surface area contributed by atoms with Crippen molar-refractivity contribution in [2.75, 3.05) is 24.5 Å².